The van der Waals surface area contributed by atoms with Crippen LogP contribution in [-0.2, 0) is 5.41 Å². The van der Waals surface area contributed by atoms with Crippen LogP contribution < -0.4 is 0 Å². The van der Waals surface area contributed by atoms with Crippen molar-refractivity contribution in [2.24, 2.45) is 0 Å². The zero-order chi connectivity index (χ0) is 42.8. The molecule has 9 aromatic carbocycles. The Morgan fingerprint density at radius 2 is 0.844 bits per heavy atom. The molecule has 64 heavy (non-hydrogen) atoms. The van der Waals surface area contributed by atoms with Crippen molar-refractivity contribution in [2.75, 3.05) is 0 Å². The summed E-state index contributed by atoms with van der Waals surface area (Å²) in [6.07, 6.45) is 0. The topological polar surface area (TPSA) is 38.9 Å². The molecule has 0 fully saturated rings. The van der Waals surface area contributed by atoms with Crippen LogP contribution in [0.4, 0.5) is 0 Å². The molecule has 1 aliphatic rings. The van der Waals surface area contributed by atoms with E-state index in [2.05, 4.69) is 214 Å². The quantitative estimate of drug-likeness (QED) is 0.161. The first kappa shape index (κ1) is 37.6. The van der Waals surface area contributed by atoms with Gasteiger partial charge in [-0.15, -0.1) is 0 Å². The van der Waals surface area contributed by atoms with Gasteiger partial charge in [0.25, 0.3) is 0 Å². The van der Waals surface area contributed by atoms with E-state index in [1.807, 2.05) is 18.2 Å². The third-order valence-corrected chi connectivity index (χ3v) is 13.1. The maximum atomic E-state index is 6.26. The molecule has 0 radical (unpaired) electrons. The summed E-state index contributed by atoms with van der Waals surface area (Å²) in [7, 11) is 0. The first-order chi connectivity index (χ1) is 31.4. The van der Waals surface area contributed by atoms with Gasteiger partial charge in [-0.05, 0) is 115 Å². The van der Waals surface area contributed by atoms with E-state index in [0.717, 1.165) is 77.8 Å². The van der Waals surface area contributed by atoms with Crippen LogP contribution >= 0.6 is 0 Å². The Morgan fingerprint density at radius 3 is 1.62 bits per heavy atom. The van der Waals surface area contributed by atoms with E-state index in [4.69, 9.17) is 14.4 Å². The summed E-state index contributed by atoms with van der Waals surface area (Å²) in [5.41, 5.74) is 20.8. The number of para-hydroxylation sites is 1. The minimum Gasteiger partial charge on any atom is -0.456 e. The predicted octanol–water partition coefficient (Wildman–Crippen LogP) is 16.4. The van der Waals surface area contributed by atoms with E-state index in [0.29, 0.717) is 5.82 Å². The second-order valence-electron chi connectivity index (χ2n) is 17.4. The molecule has 302 valence electrons. The van der Waals surface area contributed by atoms with Gasteiger partial charge in [0.15, 0.2) is 5.82 Å². The number of nitrogens with zero attached hydrogens (tertiary/aromatic N) is 2. The molecular formula is C61H42N2O. The van der Waals surface area contributed by atoms with Crippen molar-refractivity contribution in [3.05, 3.63) is 230 Å². The summed E-state index contributed by atoms with van der Waals surface area (Å²) in [6, 6.07) is 78.0. The standard InChI is InChI=1S/C61H42N2O/c1-61(2)54-23-13-11-20-49(54)50-31-29-44(37-55(50)61)48-19-9-10-21-51(48)57-38-56(62-60(63-57)42-17-7-4-8-18-42)47-34-45(41-27-25-40(26-28-41)39-15-5-3-6-16-39)33-46(35-47)43-30-32-59-53(36-43)52-22-12-14-24-58(52)64-59/h3-38H,1-2H3. The number of hydrogen-bond donors (Lipinski definition) is 0. The Labute approximate surface area is 373 Å². The Balaban J connectivity index is 1.04. The normalized spacial score (nSPS) is 12.7. The van der Waals surface area contributed by atoms with Crippen LogP contribution in [0.5, 0.6) is 0 Å². The number of furan rings is 1. The minimum atomic E-state index is -0.112. The SMILES string of the molecule is CC1(C)c2ccccc2-c2ccc(-c3ccccc3-c3cc(-c4cc(-c5ccc(-c6ccccc6)cc5)cc(-c5ccc6oc7ccccc7c6c5)c4)nc(-c4ccccc4)n3)cc21. The summed E-state index contributed by atoms with van der Waals surface area (Å²) < 4.78 is 6.26. The first-order valence-electron chi connectivity index (χ1n) is 22.0. The molecule has 12 rings (SSSR count). The second-order valence-corrected chi connectivity index (χ2v) is 17.4. The lowest BCUT2D eigenvalue weighted by Crippen LogP contribution is -2.14. The zero-order valence-corrected chi connectivity index (χ0v) is 35.6. The Bertz CT molecular complexity index is 3560. The van der Waals surface area contributed by atoms with E-state index in [9.17, 15) is 0 Å². The molecule has 0 N–H and O–H groups in total. The van der Waals surface area contributed by atoms with Gasteiger partial charge in [-0.2, -0.15) is 0 Å². The van der Waals surface area contributed by atoms with Gasteiger partial charge in [0.2, 0.25) is 0 Å². The van der Waals surface area contributed by atoms with Crippen molar-refractivity contribution in [1.29, 1.82) is 0 Å². The van der Waals surface area contributed by atoms with Gasteiger partial charge in [-0.3, -0.25) is 0 Å². The fourth-order valence-corrected chi connectivity index (χ4v) is 9.78. The molecule has 0 bridgehead atoms. The van der Waals surface area contributed by atoms with Crippen LogP contribution in [0.1, 0.15) is 25.0 Å². The summed E-state index contributed by atoms with van der Waals surface area (Å²) in [5, 5.41) is 2.20. The molecule has 11 aromatic rings. The molecule has 2 heterocycles. The van der Waals surface area contributed by atoms with Crippen LogP contribution in [0.2, 0.25) is 0 Å². The maximum Gasteiger partial charge on any atom is 0.160 e. The van der Waals surface area contributed by atoms with Crippen molar-refractivity contribution in [3.63, 3.8) is 0 Å². The summed E-state index contributed by atoms with van der Waals surface area (Å²) in [5.74, 6) is 0.680. The van der Waals surface area contributed by atoms with Crippen molar-refractivity contribution < 1.29 is 4.42 Å². The highest BCUT2D eigenvalue weighted by atomic mass is 16.3. The van der Waals surface area contributed by atoms with E-state index < -0.39 is 0 Å². The fraction of sp³-hybridized carbons (Fsp3) is 0.0492. The van der Waals surface area contributed by atoms with Gasteiger partial charge in [-0.1, -0.05) is 184 Å². The largest absolute Gasteiger partial charge is 0.456 e. The molecule has 0 spiro atoms. The minimum absolute atomic E-state index is 0.112. The van der Waals surface area contributed by atoms with E-state index in [1.54, 1.807) is 0 Å². The number of hydrogen-bond acceptors (Lipinski definition) is 3. The van der Waals surface area contributed by atoms with E-state index >= 15 is 0 Å². The fourth-order valence-electron chi connectivity index (χ4n) is 9.78. The van der Waals surface area contributed by atoms with Crippen LogP contribution in [0.3, 0.4) is 0 Å². The summed E-state index contributed by atoms with van der Waals surface area (Å²) in [6.45, 7) is 4.68. The van der Waals surface area contributed by atoms with Crippen LogP contribution in [0.25, 0.3) is 111 Å². The van der Waals surface area contributed by atoms with Crippen molar-refractivity contribution in [1.82, 2.24) is 9.97 Å². The Morgan fingerprint density at radius 1 is 0.312 bits per heavy atom. The number of benzene rings is 9. The van der Waals surface area contributed by atoms with Crippen LogP contribution in [0.15, 0.2) is 223 Å². The average molecular weight is 819 g/mol. The van der Waals surface area contributed by atoms with Gasteiger partial charge < -0.3 is 4.42 Å². The zero-order valence-electron chi connectivity index (χ0n) is 35.6. The van der Waals surface area contributed by atoms with Crippen molar-refractivity contribution in [2.45, 2.75) is 19.3 Å². The molecule has 1 aliphatic carbocycles. The summed E-state index contributed by atoms with van der Waals surface area (Å²) >= 11 is 0. The lowest BCUT2D eigenvalue weighted by atomic mass is 9.81. The third-order valence-electron chi connectivity index (χ3n) is 13.1. The molecule has 0 aliphatic heterocycles. The smallest absolute Gasteiger partial charge is 0.160 e. The monoisotopic (exact) mass is 818 g/mol. The van der Waals surface area contributed by atoms with Gasteiger partial charge in [0, 0.05) is 32.9 Å². The van der Waals surface area contributed by atoms with E-state index in [-0.39, 0.29) is 5.41 Å². The molecule has 2 aromatic heterocycles. The predicted molar refractivity (Wildman–Crippen MR) is 265 cm³/mol. The second kappa shape index (κ2) is 15.0. The van der Waals surface area contributed by atoms with Gasteiger partial charge in [-0.25, -0.2) is 9.97 Å². The van der Waals surface area contributed by atoms with Gasteiger partial charge >= 0.3 is 0 Å². The summed E-state index contributed by atoms with van der Waals surface area (Å²) in [4.78, 5) is 10.7. The van der Waals surface area contributed by atoms with Gasteiger partial charge in [0.05, 0.1) is 11.4 Å². The highest BCUT2D eigenvalue weighted by Crippen LogP contribution is 2.50. The molecule has 0 saturated heterocycles. The molecular weight excluding hydrogens is 777 g/mol. The Kier molecular flexibility index (Phi) is 8.84. The molecule has 0 saturated carbocycles. The molecule has 0 atom stereocenters. The third kappa shape index (κ3) is 6.44. The first-order valence-corrected chi connectivity index (χ1v) is 22.0. The average Bonchev–Trinajstić information content (AvgIpc) is 3.85. The maximum absolute atomic E-state index is 6.26. The highest BCUT2D eigenvalue weighted by molar-refractivity contribution is 6.06. The lowest BCUT2D eigenvalue weighted by molar-refractivity contribution is 0.660. The number of rotatable bonds is 7. The molecule has 0 unspecified atom stereocenters. The lowest BCUT2D eigenvalue weighted by Gasteiger charge is -2.22. The van der Waals surface area contributed by atoms with E-state index in [1.165, 1.54) is 38.9 Å². The van der Waals surface area contributed by atoms with Crippen LogP contribution in [-0.4, -0.2) is 9.97 Å². The Hall–Kier alpha value is -8.14. The van der Waals surface area contributed by atoms with Crippen LogP contribution in [0, 0.1) is 0 Å². The van der Waals surface area contributed by atoms with Crippen molar-refractivity contribution >= 4 is 21.9 Å². The van der Waals surface area contributed by atoms with Gasteiger partial charge in [0.1, 0.15) is 11.2 Å². The van der Waals surface area contributed by atoms with Crippen molar-refractivity contribution in [3.8, 4) is 89.5 Å². The highest BCUT2D eigenvalue weighted by Gasteiger charge is 2.35. The molecule has 3 heteroatoms. The number of aromatic nitrogens is 2. The molecule has 0 amide bonds. The molecule has 3 nitrogen and oxygen atoms in total. The number of fused-ring (bicyclic) bond motifs is 6.